The first-order valence-electron chi connectivity index (χ1n) is 8.53. The molecule has 0 saturated heterocycles. The Bertz CT molecular complexity index is 776. The molecule has 138 valence electrons. The molecule has 1 aliphatic rings. The average molecular weight is 374 g/mol. The van der Waals surface area contributed by atoms with Gasteiger partial charge in [-0.05, 0) is 36.1 Å². The summed E-state index contributed by atoms with van der Waals surface area (Å²) < 4.78 is 10.7. The second-order valence-corrected chi connectivity index (χ2v) is 7.05. The predicted octanol–water partition coefficient (Wildman–Crippen LogP) is 3.09. The summed E-state index contributed by atoms with van der Waals surface area (Å²) in [6.45, 7) is 4.72. The van der Waals surface area contributed by atoms with E-state index in [1.807, 2.05) is 42.6 Å². The molecular weight excluding hydrogens is 352 g/mol. The molecule has 7 heteroatoms. The van der Waals surface area contributed by atoms with Crippen molar-refractivity contribution in [3.05, 3.63) is 46.2 Å². The zero-order valence-corrected chi connectivity index (χ0v) is 15.7. The number of carbonyl (C=O) groups excluding carboxylic acids is 2. The van der Waals surface area contributed by atoms with E-state index in [0.29, 0.717) is 18.8 Å². The van der Waals surface area contributed by atoms with Gasteiger partial charge < -0.3 is 19.7 Å². The Hall–Kier alpha value is -2.54. The van der Waals surface area contributed by atoms with E-state index in [4.69, 9.17) is 9.47 Å². The van der Waals surface area contributed by atoms with Gasteiger partial charge >= 0.3 is 0 Å². The highest BCUT2D eigenvalue weighted by Crippen LogP contribution is 2.33. The lowest BCUT2D eigenvalue weighted by atomic mass is 10.1. The lowest BCUT2D eigenvalue weighted by Crippen LogP contribution is -2.35. The molecule has 1 N–H and O–H groups in total. The smallest absolute Gasteiger partial charge is 0.231 e. The van der Waals surface area contributed by atoms with Crippen LogP contribution in [0, 0.1) is 0 Å². The van der Waals surface area contributed by atoms with Crippen LogP contribution in [0.3, 0.4) is 0 Å². The van der Waals surface area contributed by atoms with Crippen LogP contribution in [0.1, 0.15) is 36.8 Å². The molecule has 2 heterocycles. The van der Waals surface area contributed by atoms with Crippen molar-refractivity contribution in [3.63, 3.8) is 0 Å². The van der Waals surface area contributed by atoms with Crippen molar-refractivity contribution in [2.24, 2.45) is 0 Å². The molecule has 0 aliphatic carbocycles. The summed E-state index contributed by atoms with van der Waals surface area (Å²) in [5.74, 6) is 1.29. The number of amides is 2. The first kappa shape index (κ1) is 18.3. The molecule has 1 aromatic heterocycles. The molecule has 1 aliphatic heterocycles. The Labute approximate surface area is 156 Å². The fourth-order valence-electron chi connectivity index (χ4n) is 2.90. The molecule has 2 aromatic rings. The Morgan fingerprint density at radius 2 is 2.08 bits per heavy atom. The zero-order chi connectivity index (χ0) is 18.5. The van der Waals surface area contributed by atoms with Crippen molar-refractivity contribution in [1.82, 2.24) is 10.2 Å². The fraction of sp³-hybridized carbons (Fsp3) is 0.368. The Balaban J connectivity index is 1.68. The van der Waals surface area contributed by atoms with Crippen LogP contribution in [0.15, 0.2) is 35.7 Å². The first-order chi connectivity index (χ1) is 12.6. The number of ether oxygens (including phenoxy) is 2. The zero-order valence-electron chi connectivity index (χ0n) is 14.9. The minimum atomic E-state index is -0.300. The fourth-order valence-corrected chi connectivity index (χ4v) is 3.68. The SMILES string of the molecule is CCN(Cc1ccc2c(c1)OCO2)C(=O)C[C@H](NC(C)=O)c1cccs1. The van der Waals surface area contributed by atoms with Crippen LogP contribution < -0.4 is 14.8 Å². The summed E-state index contributed by atoms with van der Waals surface area (Å²) in [5, 5.41) is 4.82. The summed E-state index contributed by atoms with van der Waals surface area (Å²) >= 11 is 1.54. The topological polar surface area (TPSA) is 67.9 Å². The van der Waals surface area contributed by atoms with E-state index in [9.17, 15) is 9.59 Å². The molecule has 0 spiro atoms. The number of hydrogen-bond acceptors (Lipinski definition) is 5. The van der Waals surface area contributed by atoms with Gasteiger partial charge in [0.1, 0.15) is 0 Å². The summed E-state index contributed by atoms with van der Waals surface area (Å²) in [6, 6.07) is 9.26. The predicted molar refractivity (Wildman–Crippen MR) is 99.1 cm³/mol. The highest BCUT2D eigenvalue weighted by molar-refractivity contribution is 7.10. The van der Waals surface area contributed by atoms with Crippen molar-refractivity contribution in [3.8, 4) is 11.5 Å². The Kier molecular flexibility index (Phi) is 5.78. The van der Waals surface area contributed by atoms with Crippen LogP contribution in [0.25, 0.3) is 0 Å². The number of thiophene rings is 1. The van der Waals surface area contributed by atoms with Crippen LogP contribution in [-0.2, 0) is 16.1 Å². The van der Waals surface area contributed by atoms with Gasteiger partial charge in [-0.2, -0.15) is 0 Å². The number of rotatable bonds is 7. The quantitative estimate of drug-likeness (QED) is 0.809. The molecule has 1 aromatic carbocycles. The van der Waals surface area contributed by atoms with Crippen molar-refractivity contribution in [2.45, 2.75) is 32.9 Å². The van der Waals surface area contributed by atoms with E-state index in [1.165, 1.54) is 18.3 Å². The van der Waals surface area contributed by atoms with Gasteiger partial charge in [-0.25, -0.2) is 0 Å². The largest absolute Gasteiger partial charge is 0.454 e. The average Bonchev–Trinajstić information content (AvgIpc) is 3.29. The van der Waals surface area contributed by atoms with Gasteiger partial charge in [-0.3, -0.25) is 9.59 Å². The molecule has 0 fully saturated rings. The maximum Gasteiger partial charge on any atom is 0.231 e. The van der Waals surface area contributed by atoms with Crippen LogP contribution in [0.5, 0.6) is 11.5 Å². The summed E-state index contributed by atoms with van der Waals surface area (Å²) in [4.78, 5) is 27.1. The van der Waals surface area contributed by atoms with Gasteiger partial charge in [0.05, 0.1) is 12.5 Å². The van der Waals surface area contributed by atoms with Crippen LogP contribution in [0.4, 0.5) is 0 Å². The minimum absolute atomic E-state index is 0.00248. The van der Waals surface area contributed by atoms with E-state index >= 15 is 0 Å². The third kappa shape index (κ3) is 4.35. The monoisotopic (exact) mass is 374 g/mol. The maximum absolute atomic E-state index is 12.8. The standard InChI is InChI=1S/C19H22N2O4S/c1-3-21(11-14-6-7-16-17(9-14)25-12-24-16)19(23)10-15(20-13(2)22)18-5-4-8-26-18/h4-9,15H,3,10-12H2,1-2H3,(H,20,22)/t15-/m0/s1. The molecule has 0 bridgehead atoms. The molecular formula is C19H22N2O4S. The van der Waals surface area contributed by atoms with E-state index in [2.05, 4.69) is 5.32 Å². The number of hydrogen-bond donors (Lipinski definition) is 1. The summed E-state index contributed by atoms with van der Waals surface area (Å²) in [5.41, 5.74) is 0.983. The number of nitrogens with one attached hydrogen (secondary N) is 1. The van der Waals surface area contributed by atoms with E-state index < -0.39 is 0 Å². The summed E-state index contributed by atoms with van der Waals surface area (Å²) in [6.07, 6.45) is 0.235. The van der Waals surface area contributed by atoms with Gasteiger partial charge in [-0.1, -0.05) is 12.1 Å². The van der Waals surface area contributed by atoms with E-state index in [-0.39, 0.29) is 31.1 Å². The molecule has 6 nitrogen and oxygen atoms in total. The van der Waals surface area contributed by atoms with Gasteiger partial charge in [0, 0.05) is 24.9 Å². The number of carbonyl (C=O) groups is 2. The van der Waals surface area contributed by atoms with Crippen molar-refractivity contribution >= 4 is 23.2 Å². The minimum Gasteiger partial charge on any atom is -0.454 e. The van der Waals surface area contributed by atoms with Gasteiger partial charge in [0.15, 0.2) is 11.5 Å². The lowest BCUT2D eigenvalue weighted by molar-refractivity contribution is -0.132. The highest BCUT2D eigenvalue weighted by Gasteiger charge is 2.22. The van der Waals surface area contributed by atoms with Gasteiger partial charge in [-0.15, -0.1) is 11.3 Å². The van der Waals surface area contributed by atoms with Crippen LogP contribution in [0.2, 0.25) is 0 Å². The first-order valence-corrected chi connectivity index (χ1v) is 9.41. The van der Waals surface area contributed by atoms with Gasteiger partial charge in [0.25, 0.3) is 0 Å². The number of benzene rings is 1. The van der Waals surface area contributed by atoms with Crippen molar-refractivity contribution in [1.29, 1.82) is 0 Å². The Morgan fingerprint density at radius 3 is 2.77 bits per heavy atom. The third-order valence-corrected chi connectivity index (χ3v) is 5.17. The molecule has 2 amide bonds. The third-order valence-electron chi connectivity index (χ3n) is 4.19. The normalized spacial score (nSPS) is 13.3. The molecule has 0 radical (unpaired) electrons. The van der Waals surface area contributed by atoms with Gasteiger partial charge in [0.2, 0.25) is 18.6 Å². The molecule has 0 unspecified atom stereocenters. The molecule has 0 saturated carbocycles. The number of fused-ring (bicyclic) bond motifs is 1. The summed E-state index contributed by atoms with van der Waals surface area (Å²) in [7, 11) is 0. The maximum atomic E-state index is 12.8. The van der Waals surface area contributed by atoms with Crippen LogP contribution >= 0.6 is 11.3 Å². The second kappa shape index (κ2) is 8.23. The van der Waals surface area contributed by atoms with E-state index in [0.717, 1.165) is 16.2 Å². The molecule has 3 rings (SSSR count). The highest BCUT2D eigenvalue weighted by atomic mass is 32.1. The number of nitrogens with zero attached hydrogens (tertiary/aromatic N) is 1. The van der Waals surface area contributed by atoms with Crippen molar-refractivity contribution in [2.75, 3.05) is 13.3 Å². The van der Waals surface area contributed by atoms with E-state index in [1.54, 1.807) is 4.90 Å². The van der Waals surface area contributed by atoms with Crippen molar-refractivity contribution < 1.29 is 19.1 Å². The Morgan fingerprint density at radius 1 is 1.27 bits per heavy atom. The molecule has 1 atom stereocenters. The van der Waals surface area contributed by atoms with Crippen LogP contribution in [-0.4, -0.2) is 30.1 Å². The lowest BCUT2D eigenvalue weighted by Gasteiger charge is -2.24. The second-order valence-electron chi connectivity index (χ2n) is 6.07. The molecule has 26 heavy (non-hydrogen) atoms.